The molecule has 2 heterocycles. The van der Waals surface area contributed by atoms with Gasteiger partial charge in [-0.3, -0.25) is 14.2 Å². The van der Waals surface area contributed by atoms with Crippen LogP contribution in [0.4, 0.5) is 5.69 Å². The second kappa shape index (κ2) is 7.10. The van der Waals surface area contributed by atoms with Crippen LogP contribution in [0.5, 0.6) is 5.75 Å². The van der Waals surface area contributed by atoms with Crippen molar-refractivity contribution in [3.63, 3.8) is 0 Å². The summed E-state index contributed by atoms with van der Waals surface area (Å²) in [7, 11) is 1.53. The van der Waals surface area contributed by atoms with E-state index < -0.39 is 0 Å². The quantitative estimate of drug-likeness (QED) is 0.774. The Morgan fingerprint density at radius 1 is 1.29 bits per heavy atom. The number of rotatable bonds is 5. The predicted molar refractivity (Wildman–Crippen MR) is 93.4 cm³/mol. The molecule has 0 fully saturated rings. The van der Waals surface area contributed by atoms with Crippen LogP contribution in [0.15, 0.2) is 59.0 Å². The van der Waals surface area contributed by atoms with Gasteiger partial charge in [0.25, 0.3) is 5.56 Å². The Bertz CT molecular complexity index is 903. The minimum atomic E-state index is -0.327. The summed E-state index contributed by atoms with van der Waals surface area (Å²) in [5, 5.41) is 4.65. The predicted octanol–water partition coefficient (Wildman–Crippen LogP) is 2.62. The van der Waals surface area contributed by atoms with Gasteiger partial charge in [-0.25, -0.2) is 4.98 Å². The summed E-state index contributed by atoms with van der Waals surface area (Å²) < 4.78 is 6.45. The molecule has 0 unspecified atom stereocenters. The number of anilines is 1. The van der Waals surface area contributed by atoms with E-state index in [9.17, 15) is 9.59 Å². The first kappa shape index (κ1) is 15.9. The molecule has 1 N–H and O–H groups in total. The molecule has 0 aliphatic carbocycles. The maximum atomic E-state index is 12.2. The van der Waals surface area contributed by atoms with E-state index in [1.165, 1.54) is 35.4 Å². The average Bonchev–Trinajstić information content (AvgIpc) is 3.12. The SMILES string of the molecule is COc1ccccc1NC(=O)Cn1cnc(-c2cccs2)cc1=O. The molecule has 0 radical (unpaired) electrons. The van der Waals surface area contributed by atoms with E-state index in [-0.39, 0.29) is 18.0 Å². The third kappa shape index (κ3) is 3.52. The van der Waals surface area contributed by atoms with E-state index >= 15 is 0 Å². The largest absolute Gasteiger partial charge is 0.495 e. The van der Waals surface area contributed by atoms with Gasteiger partial charge in [0, 0.05) is 6.07 Å². The summed E-state index contributed by atoms with van der Waals surface area (Å²) in [6.07, 6.45) is 1.39. The van der Waals surface area contributed by atoms with Crippen molar-refractivity contribution in [1.82, 2.24) is 9.55 Å². The minimum Gasteiger partial charge on any atom is -0.495 e. The Hall–Kier alpha value is -2.93. The summed E-state index contributed by atoms with van der Waals surface area (Å²) in [4.78, 5) is 29.5. The highest BCUT2D eigenvalue weighted by Crippen LogP contribution is 2.23. The highest BCUT2D eigenvalue weighted by atomic mass is 32.1. The highest BCUT2D eigenvalue weighted by molar-refractivity contribution is 7.13. The number of hydrogen-bond donors (Lipinski definition) is 1. The van der Waals surface area contributed by atoms with Crippen LogP contribution in [-0.4, -0.2) is 22.6 Å². The third-order valence-electron chi connectivity index (χ3n) is 3.35. The fourth-order valence-electron chi connectivity index (χ4n) is 2.20. The molecule has 2 aromatic heterocycles. The van der Waals surface area contributed by atoms with Gasteiger partial charge in [0.2, 0.25) is 5.91 Å². The molecule has 0 aliphatic heterocycles. The Morgan fingerprint density at radius 3 is 2.83 bits per heavy atom. The van der Waals surface area contributed by atoms with Crippen LogP contribution < -0.4 is 15.6 Å². The van der Waals surface area contributed by atoms with Crippen LogP contribution in [0.2, 0.25) is 0 Å². The number of aromatic nitrogens is 2. The fourth-order valence-corrected chi connectivity index (χ4v) is 2.89. The summed E-state index contributed by atoms with van der Waals surface area (Å²) in [6.45, 7) is -0.116. The lowest BCUT2D eigenvalue weighted by Gasteiger charge is -2.10. The molecular weight excluding hydrogens is 326 g/mol. The first-order valence-corrected chi connectivity index (χ1v) is 8.08. The lowest BCUT2D eigenvalue weighted by Crippen LogP contribution is -2.27. The Labute approximate surface area is 142 Å². The maximum Gasteiger partial charge on any atom is 0.254 e. The van der Waals surface area contributed by atoms with Gasteiger partial charge in [-0.15, -0.1) is 11.3 Å². The molecule has 1 aromatic carbocycles. The molecule has 0 atom stereocenters. The van der Waals surface area contributed by atoms with Crippen molar-refractivity contribution in [3.8, 4) is 16.3 Å². The summed E-state index contributed by atoms with van der Waals surface area (Å²) in [6, 6.07) is 12.3. The number of thiophene rings is 1. The average molecular weight is 341 g/mol. The van der Waals surface area contributed by atoms with Gasteiger partial charge < -0.3 is 10.1 Å². The van der Waals surface area contributed by atoms with Crippen LogP contribution in [0.25, 0.3) is 10.6 Å². The van der Waals surface area contributed by atoms with E-state index in [1.807, 2.05) is 23.6 Å². The smallest absolute Gasteiger partial charge is 0.254 e. The van der Waals surface area contributed by atoms with Crippen molar-refractivity contribution in [2.75, 3.05) is 12.4 Å². The minimum absolute atomic E-state index is 0.116. The van der Waals surface area contributed by atoms with Crippen molar-refractivity contribution in [2.24, 2.45) is 0 Å². The molecule has 1 amide bonds. The van der Waals surface area contributed by atoms with E-state index in [4.69, 9.17) is 4.74 Å². The number of carbonyl (C=O) groups excluding carboxylic acids is 1. The van der Waals surface area contributed by atoms with Gasteiger partial charge in [0.15, 0.2) is 0 Å². The Balaban J connectivity index is 1.74. The topological polar surface area (TPSA) is 73.2 Å². The van der Waals surface area contributed by atoms with E-state index in [0.717, 1.165) is 4.88 Å². The van der Waals surface area contributed by atoms with Crippen LogP contribution in [-0.2, 0) is 11.3 Å². The molecule has 24 heavy (non-hydrogen) atoms. The van der Waals surface area contributed by atoms with Crippen molar-refractivity contribution in [3.05, 3.63) is 64.5 Å². The van der Waals surface area contributed by atoms with Gasteiger partial charge >= 0.3 is 0 Å². The number of methoxy groups -OCH3 is 1. The van der Waals surface area contributed by atoms with Crippen LogP contribution in [0, 0.1) is 0 Å². The summed E-state index contributed by atoms with van der Waals surface area (Å²) >= 11 is 1.51. The Morgan fingerprint density at radius 2 is 2.12 bits per heavy atom. The number of ether oxygens (including phenoxy) is 1. The van der Waals surface area contributed by atoms with Crippen LogP contribution in [0.1, 0.15) is 0 Å². The fraction of sp³-hybridized carbons (Fsp3) is 0.118. The molecule has 0 saturated heterocycles. The van der Waals surface area contributed by atoms with Crippen molar-refractivity contribution in [1.29, 1.82) is 0 Å². The molecule has 0 aliphatic rings. The van der Waals surface area contributed by atoms with Crippen molar-refractivity contribution >= 4 is 22.9 Å². The summed E-state index contributed by atoms with van der Waals surface area (Å²) in [5.41, 5.74) is 0.890. The number of amides is 1. The molecule has 0 spiro atoms. The molecular formula is C17H15N3O3S. The summed E-state index contributed by atoms with van der Waals surface area (Å²) in [5.74, 6) is 0.233. The van der Waals surface area contributed by atoms with Gasteiger partial charge in [-0.1, -0.05) is 18.2 Å². The maximum absolute atomic E-state index is 12.2. The first-order chi connectivity index (χ1) is 11.7. The number of nitrogens with zero attached hydrogens (tertiary/aromatic N) is 2. The third-order valence-corrected chi connectivity index (χ3v) is 4.24. The zero-order valence-corrected chi connectivity index (χ0v) is 13.7. The van der Waals surface area contributed by atoms with Gasteiger partial charge in [-0.05, 0) is 23.6 Å². The zero-order valence-electron chi connectivity index (χ0n) is 12.9. The van der Waals surface area contributed by atoms with Gasteiger partial charge in [-0.2, -0.15) is 0 Å². The number of nitrogens with one attached hydrogen (secondary N) is 1. The second-order valence-electron chi connectivity index (χ2n) is 4.97. The second-order valence-corrected chi connectivity index (χ2v) is 5.91. The number of carbonyl (C=O) groups is 1. The van der Waals surface area contributed by atoms with Gasteiger partial charge in [0.1, 0.15) is 12.3 Å². The van der Waals surface area contributed by atoms with E-state index in [0.29, 0.717) is 17.1 Å². The zero-order chi connectivity index (χ0) is 16.9. The molecule has 3 rings (SSSR count). The molecule has 6 nitrogen and oxygen atoms in total. The van der Waals surface area contributed by atoms with Gasteiger partial charge in [0.05, 0.1) is 29.7 Å². The van der Waals surface area contributed by atoms with Crippen molar-refractivity contribution < 1.29 is 9.53 Å². The Kier molecular flexibility index (Phi) is 4.72. The lowest BCUT2D eigenvalue weighted by molar-refractivity contribution is -0.116. The van der Waals surface area contributed by atoms with Crippen LogP contribution >= 0.6 is 11.3 Å². The number of para-hydroxylation sites is 2. The lowest BCUT2D eigenvalue weighted by atomic mass is 10.3. The molecule has 0 bridgehead atoms. The molecule has 122 valence electrons. The monoisotopic (exact) mass is 341 g/mol. The normalized spacial score (nSPS) is 10.4. The van der Waals surface area contributed by atoms with E-state index in [2.05, 4.69) is 10.3 Å². The molecule has 0 saturated carbocycles. The number of hydrogen-bond acceptors (Lipinski definition) is 5. The molecule has 3 aromatic rings. The molecule has 7 heteroatoms. The first-order valence-electron chi connectivity index (χ1n) is 7.20. The number of benzene rings is 1. The standard InChI is InChI=1S/C17H15N3O3S/c1-23-14-6-3-2-5-12(14)19-16(21)10-20-11-18-13(9-17(20)22)15-7-4-8-24-15/h2-9,11H,10H2,1H3,(H,19,21). The van der Waals surface area contributed by atoms with E-state index in [1.54, 1.807) is 18.2 Å². The van der Waals surface area contributed by atoms with Crippen molar-refractivity contribution in [2.45, 2.75) is 6.54 Å². The highest BCUT2D eigenvalue weighted by Gasteiger charge is 2.10. The van der Waals surface area contributed by atoms with Crippen LogP contribution in [0.3, 0.4) is 0 Å².